The van der Waals surface area contributed by atoms with Gasteiger partial charge in [-0.15, -0.1) is 0 Å². The lowest BCUT2D eigenvalue weighted by molar-refractivity contribution is 0.0561. The highest BCUT2D eigenvalue weighted by Crippen LogP contribution is 2.30. The van der Waals surface area contributed by atoms with Gasteiger partial charge in [0.2, 0.25) is 0 Å². The Hall–Kier alpha value is -2.38. The molecule has 2 N–H and O–H groups in total. The van der Waals surface area contributed by atoms with Crippen molar-refractivity contribution < 1.29 is 13.9 Å². The Kier molecular flexibility index (Phi) is 5.06. The average Bonchev–Trinajstić information content (AvgIpc) is 2.57. The van der Waals surface area contributed by atoms with Gasteiger partial charge in [-0.1, -0.05) is 24.0 Å². The fourth-order valence-corrected chi connectivity index (χ4v) is 3.22. The summed E-state index contributed by atoms with van der Waals surface area (Å²) in [4.78, 5) is 0. The van der Waals surface area contributed by atoms with Gasteiger partial charge < -0.3 is 10.4 Å². The lowest BCUT2D eigenvalue weighted by atomic mass is 9.82. The van der Waals surface area contributed by atoms with Crippen LogP contribution < -0.4 is 5.32 Å². The zero-order chi connectivity index (χ0) is 17.9. The van der Waals surface area contributed by atoms with Crippen molar-refractivity contribution in [3.63, 3.8) is 0 Å². The number of benzene rings is 2. The molecule has 0 heterocycles. The predicted octanol–water partition coefficient (Wildman–Crippen LogP) is 4.41. The largest absolute Gasteiger partial charge is 0.382 e. The van der Waals surface area contributed by atoms with Crippen molar-refractivity contribution >= 4 is 5.69 Å². The zero-order valence-electron chi connectivity index (χ0n) is 14.2. The van der Waals surface area contributed by atoms with E-state index < -0.39 is 17.2 Å². The molecule has 2 aromatic carbocycles. The minimum absolute atomic E-state index is 0.0320. The van der Waals surface area contributed by atoms with Crippen molar-refractivity contribution in [1.29, 1.82) is 0 Å². The van der Waals surface area contributed by atoms with Gasteiger partial charge in [-0.05, 0) is 56.0 Å². The maximum atomic E-state index is 13.3. The van der Waals surface area contributed by atoms with Crippen LogP contribution in [-0.4, -0.2) is 16.7 Å². The van der Waals surface area contributed by atoms with Gasteiger partial charge in [-0.25, -0.2) is 8.78 Å². The molecule has 1 aliphatic rings. The second-order valence-corrected chi connectivity index (χ2v) is 6.72. The van der Waals surface area contributed by atoms with E-state index in [1.807, 2.05) is 31.2 Å². The molecule has 2 nitrogen and oxygen atoms in total. The second-order valence-electron chi connectivity index (χ2n) is 6.72. The van der Waals surface area contributed by atoms with Crippen molar-refractivity contribution in [2.75, 3.05) is 5.32 Å². The fraction of sp³-hybridized carbons (Fsp3) is 0.333. The highest BCUT2D eigenvalue weighted by atomic mass is 19.2. The Bertz CT molecular complexity index is 824. The quantitative estimate of drug-likeness (QED) is 0.793. The lowest BCUT2D eigenvalue weighted by Gasteiger charge is -2.34. The molecular weight excluding hydrogens is 320 g/mol. The van der Waals surface area contributed by atoms with Gasteiger partial charge >= 0.3 is 0 Å². The molecule has 130 valence electrons. The molecule has 2 aromatic rings. The normalized spacial score (nSPS) is 22.8. The molecule has 0 bridgehead atoms. The van der Waals surface area contributed by atoms with Crippen molar-refractivity contribution in [3.05, 3.63) is 65.2 Å². The van der Waals surface area contributed by atoms with Crippen molar-refractivity contribution in [1.82, 2.24) is 0 Å². The Labute approximate surface area is 146 Å². The first-order chi connectivity index (χ1) is 11.9. The van der Waals surface area contributed by atoms with E-state index >= 15 is 0 Å². The smallest absolute Gasteiger partial charge is 0.160 e. The third-order valence-corrected chi connectivity index (χ3v) is 4.48. The second kappa shape index (κ2) is 7.25. The number of rotatable bonds is 2. The molecule has 0 radical (unpaired) electrons. The number of aliphatic hydroxyl groups is 1. The molecule has 2 unspecified atom stereocenters. The van der Waals surface area contributed by atoms with Crippen LogP contribution in [0.1, 0.15) is 36.8 Å². The molecule has 0 saturated heterocycles. The Morgan fingerprint density at radius 1 is 1.16 bits per heavy atom. The third kappa shape index (κ3) is 4.58. The van der Waals surface area contributed by atoms with E-state index in [9.17, 15) is 13.9 Å². The van der Waals surface area contributed by atoms with E-state index in [0.717, 1.165) is 36.1 Å². The summed E-state index contributed by atoms with van der Waals surface area (Å²) in [5.41, 5.74) is 1.45. The molecule has 1 saturated carbocycles. The Morgan fingerprint density at radius 2 is 2.00 bits per heavy atom. The molecule has 0 spiro atoms. The zero-order valence-corrected chi connectivity index (χ0v) is 14.2. The van der Waals surface area contributed by atoms with E-state index in [1.165, 1.54) is 6.07 Å². The van der Waals surface area contributed by atoms with Crippen LogP contribution >= 0.6 is 0 Å². The number of hydrogen-bond acceptors (Lipinski definition) is 2. The number of hydrogen-bond donors (Lipinski definition) is 2. The Morgan fingerprint density at radius 3 is 2.76 bits per heavy atom. The molecule has 2 atom stereocenters. The van der Waals surface area contributed by atoms with Gasteiger partial charge in [-0.2, -0.15) is 0 Å². The van der Waals surface area contributed by atoms with E-state index in [4.69, 9.17) is 0 Å². The summed E-state index contributed by atoms with van der Waals surface area (Å²) in [5, 5.41) is 14.0. The summed E-state index contributed by atoms with van der Waals surface area (Å²) in [7, 11) is 0. The van der Waals surface area contributed by atoms with Crippen LogP contribution in [0.2, 0.25) is 0 Å². The van der Waals surface area contributed by atoms with Crippen molar-refractivity contribution in [2.24, 2.45) is 0 Å². The van der Waals surface area contributed by atoms with Gasteiger partial charge in [0.1, 0.15) is 5.60 Å². The highest BCUT2D eigenvalue weighted by molar-refractivity contribution is 5.45. The molecule has 0 aromatic heterocycles. The molecule has 3 rings (SSSR count). The molecular formula is C21H21F2NO. The first kappa shape index (κ1) is 17.4. The average molecular weight is 341 g/mol. The number of nitrogens with one attached hydrogen (secondary N) is 1. The van der Waals surface area contributed by atoms with Crippen molar-refractivity contribution in [3.8, 4) is 11.8 Å². The summed E-state index contributed by atoms with van der Waals surface area (Å²) in [6.07, 6.45) is 2.74. The van der Waals surface area contributed by atoms with Crippen LogP contribution in [0.4, 0.5) is 14.5 Å². The maximum Gasteiger partial charge on any atom is 0.160 e. The summed E-state index contributed by atoms with van der Waals surface area (Å²) in [5.74, 6) is 4.32. The van der Waals surface area contributed by atoms with Crippen LogP contribution in [0.3, 0.4) is 0 Å². The third-order valence-electron chi connectivity index (χ3n) is 4.48. The first-order valence-corrected chi connectivity index (χ1v) is 8.47. The standard InChI is InChI=1S/C21H21F2NO/c1-15-4-2-5-16(12-15)9-11-21(25)10-3-6-18(14-21)24-17-7-8-19(22)20(23)13-17/h2,4-5,7-8,12-13,18,24-25H,3,6,10,14H2,1H3. The lowest BCUT2D eigenvalue weighted by Crippen LogP contribution is -2.39. The van der Waals surface area contributed by atoms with Gasteiger partial charge in [0, 0.05) is 29.8 Å². The fourth-order valence-electron chi connectivity index (χ4n) is 3.22. The molecule has 25 heavy (non-hydrogen) atoms. The highest BCUT2D eigenvalue weighted by Gasteiger charge is 2.32. The van der Waals surface area contributed by atoms with Crippen LogP contribution in [-0.2, 0) is 0 Å². The van der Waals surface area contributed by atoms with Crippen LogP contribution in [0.15, 0.2) is 42.5 Å². The van der Waals surface area contributed by atoms with Gasteiger partial charge in [-0.3, -0.25) is 0 Å². The van der Waals surface area contributed by atoms with Crippen molar-refractivity contribution in [2.45, 2.75) is 44.2 Å². The summed E-state index contributed by atoms with van der Waals surface area (Å²) >= 11 is 0. The summed E-state index contributed by atoms with van der Waals surface area (Å²) < 4.78 is 26.4. The minimum Gasteiger partial charge on any atom is -0.382 e. The number of aryl methyl sites for hydroxylation is 1. The summed E-state index contributed by atoms with van der Waals surface area (Å²) in [6.45, 7) is 2.00. The van der Waals surface area contributed by atoms with Gasteiger partial charge in [0.25, 0.3) is 0 Å². The number of anilines is 1. The maximum absolute atomic E-state index is 13.3. The molecule has 1 aliphatic carbocycles. The minimum atomic E-state index is -1.07. The van der Waals surface area contributed by atoms with Crippen LogP contribution in [0, 0.1) is 30.4 Å². The van der Waals surface area contributed by atoms with E-state index in [0.29, 0.717) is 18.5 Å². The predicted molar refractivity (Wildman–Crippen MR) is 95.2 cm³/mol. The topological polar surface area (TPSA) is 32.3 Å². The van der Waals surface area contributed by atoms with E-state index in [1.54, 1.807) is 0 Å². The SMILES string of the molecule is Cc1cccc(C#CC2(O)CCCC(Nc3ccc(F)c(F)c3)C2)c1. The summed E-state index contributed by atoms with van der Waals surface area (Å²) in [6, 6.07) is 11.6. The van der Waals surface area contributed by atoms with Gasteiger partial charge in [0.15, 0.2) is 11.6 Å². The molecule has 1 fully saturated rings. The van der Waals surface area contributed by atoms with Gasteiger partial charge in [0.05, 0.1) is 0 Å². The van der Waals surface area contributed by atoms with Crippen LogP contribution in [0.25, 0.3) is 0 Å². The molecule has 4 heteroatoms. The molecule has 0 amide bonds. The number of halogens is 2. The molecule has 0 aliphatic heterocycles. The van der Waals surface area contributed by atoms with E-state index in [-0.39, 0.29) is 6.04 Å². The monoisotopic (exact) mass is 341 g/mol. The van der Waals surface area contributed by atoms with E-state index in [2.05, 4.69) is 17.2 Å². The Balaban J connectivity index is 1.70. The van der Waals surface area contributed by atoms with Crippen LogP contribution in [0.5, 0.6) is 0 Å². The first-order valence-electron chi connectivity index (χ1n) is 8.47.